The number of ether oxygens (including phenoxy) is 2. The summed E-state index contributed by atoms with van der Waals surface area (Å²) in [7, 11) is 1.52. The van der Waals surface area contributed by atoms with E-state index in [1.54, 1.807) is 17.1 Å². The van der Waals surface area contributed by atoms with Crippen LogP contribution in [0, 0.1) is 11.8 Å². The zero-order chi connectivity index (χ0) is 30.3. The summed E-state index contributed by atoms with van der Waals surface area (Å²) in [6, 6.07) is 18.1. The van der Waals surface area contributed by atoms with Crippen molar-refractivity contribution in [3.8, 4) is 0 Å². The normalized spacial score (nSPS) is 17.5. The van der Waals surface area contributed by atoms with Crippen LogP contribution in [0.15, 0.2) is 86.0 Å². The predicted octanol–water partition coefficient (Wildman–Crippen LogP) is 4.40. The van der Waals surface area contributed by atoms with Crippen molar-refractivity contribution in [2.75, 3.05) is 26.9 Å². The molecule has 3 rings (SSSR count). The highest BCUT2D eigenvalue weighted by Gasteiger charge is 2.35. The van der Waals surface area contributed by atoms with Crippen LogP contribution in [0.25, 0.3) is 0 Å². The monoisotopic (exact) mass is 576 g/mol. The van der Waals surface area contributed by atoms with Gasteiger partial charge in [-0.2, -0.15) is 0 Å². The van der Waals surface area contributed by atoms with Crippen LogP contribution in [0.2, 0.25) is 0 Å². The Morgan fingerprint density at radius 3 is 2.29 bits per heavy atom. The number of benzene rings is 2. The Hall–Kier alpha value is -3.75. The Morgan fingerprint density at radius 1 is 1.02 bits per heavy atom. The SMILES string of the molecule is C=CC[C@H](CC(=O)N1CCC[C@H]1CO)C(=O)N[C@@H](COC)[C@@H](OC(=O)[C@H](CC=C)Cc1ccccc1)c1ccccc1. The Balaban J connectivity index is 1.82. The van der Waals surface area contributed by atoms with Crippen LogP contribution in [0.5, 0.6) is 0 Å². The van der Waals surface area contributed by atoms with Gasteiger partial charge in [0.15, 0.2) is 0 Å². The topological polar surface area (TPSA) is 105 Å². The second kappa shape index (κ2) is 17.3. The fraction of sp³-hybridized carbons (Fsp3) is 0.441. The molecule has 0 bridgehead atoms. The van der Waals surface area contributed by atoms with Crippen molar-refractivity contribution in [1.29, 1.82) is 0 Å². The summed E-state index contributed by atoms with van der Waals surface area (Å²) in [6.45, 7) is 8.16. The molecule has 0 radical (unpaired) electrons. The van der Waals surface area contributed by atoms with Crippen LogP contribution in [0.4, 0.5) is 0 Å². The van der Waals surface area contributed by atoms with Gasteiger partial charge in [-0.25, -0.2) is 0 Å². The highest BCUT2D eigenvalue weighted by molar-refractivity contribution is 5.86. The average molecular weight is 577 g/mol. The quantitative estimate of drug-likeness (QED) is 0.214. The average Bonchev–Trinajstić information content (AvgIpc) is 3.49. The van der Waals surface area contributed by atoms with E-state index in [4.69, 9.17) is 9.47 Å². The summed E-state index contributed by atoms with van der Waals surface area (Å²) in [5.74, 6) is -2.05. The number of esters is 1. The molecule has 0 aliphatic carbocycles. The standard InChI is InChI=1S/C34H44N2O6/c1-4-13-27(22-31(38)36-20-12-19-29(36)23-37)33(39)35-30(24-41-3)32(26-17-10-7-11-18-26)42-34(40)28(14-5-2)21-25-15-8-6-9-16-25/h4-11,15-18,27-30,32,37H,1-2,12-14,19-24H2,3H3,(H,35,39)/t27-,28-,29+,30+,32+/m1/s1. The van der Waals surface area contributed by atoms with Gasteiger partial charge in [0.05, 0.1) is 37.1 Å². The maximum absolute atomic E-state index is 13.6. The maximum Gasteiger partial charge on any atom is 0.310 e. The van der Waals surface area contributed by atoms with Gasteiger partial charge in [0.2, 0.25) is 11.8 Å². The molecule has 1 saturated heterocycles. The maximum atomic E-state index is 13.6. The Labute approximate surface area is 249 Å². The first-order valence-corrected chi connectivity index (χ1v) is 14.6. The summed E-state index contributed by atoms with van der Waals surface area (Å²) < 4.78 is 11.6. The van der Waals surface area contributed by atoms with E-state index in [0.29, 0.717) is 31.4 Å². The van der Waals surface area contributed by atoms with Gasteiger partial charge in [-0.1, -0.05) is 72.8 Å². The minimum atomic E-state index is -0.830. The number of hydrogen-bond donors (Lipinski definition) is 2. The highest BCUT2D eigenvalue weighted by atomic mass is 16.5. The molecule has 2 amide bonds. The van der Waals surface area contributed by atoms with Crippen molar-refractivity contribution in [1.82, 2.24) is 10.2 Å². The summed E-state index contributed by atoms with van der Waals surface area (Å²) in [4.78, 5) is 42.0. The third kappa shape index (κ3) is 9.39. The van der Waals surface area contributed by atoms with E-state index in [2.05, 4.69) is 18.5 Å². The number of allylic oxidation sites excluding steroid dienone is 2. The van der Waals surface area contributed by atoms with Gasteiger partial charge in [0, 0.05) is 20.1 Å². The Kier molecular flexibility index (Phi) is 13.5. The molecular formula is C34H44N2O6. The van der Waals surface area contributed by atoms with Gasteiger partial charge < -0.3 is 24.8 Å². The van der Waals surface area contributed by atoms with E-state index in [-0.39, 0.29) is 37.5 Å². The highest BCUT2D eigenvalue weighted by Crippen LogP contribution is 2.27. The first-order chi connectivity index (χ1) is 20.4. The van der Waals surface area contributed by atoms with Crippen molar-refractivity contribution in [2.45, 2.75) is 56.7 Å². The fourth-order valence-corrected chi connectivity index (χ4v) is 5.46. The van der Waals surface area contributed by atoms with Crippen molar-refractivity contribution >= 4 is 17.8 Å². The molecule has 1 aliphatic rings. The molecule has 8 nitrogen and oxygen atoms in total. The van der Waals surface area contributed by atoms with Crippen LogP contribution >= 0.6 is 0 Å². The van der Waals surface area contributed by atoms with Gasteiger partial charge >= 0.3 is 5.97 Å². The van der Waals surface area contributed by atoms with E-state index in [9.17, 15) is 19.5 Å². The zero-order valence-electron chi connectivity index (χ0n) is 24.5. The number of aliphatic hydroxyl groups excluding tert-OH is 1. The largest absolute Gasteiger partial charge is 0.455 e. The summed E-state index contributed by atoms with van der Waals surface area (Å²) in [6.07, 6.45) is 5.28. The van der Waals surface area contributed by atoms with Crippen LogP contribution in [-0.2, 0) is 30.3 Å². The van der Waals surface area contributed by atoms with Crippen molar-refractivity contribution < 1.29 is 29.0 Å². The molecule has 1 aliphatic heterocycles. The predicted molar refractivity (Wildman–Crippen MR) is 162 cm³/mol. The van der Waals surface area contributed by atoms with Gasteiger partial charge in [0.25, 0.3) is 0 Å². The lowest BCUT2D eigenvalue weighted by atomic mass is 9.95. The molecule has 2 aromatic rings. The van der Waals surface area contributed by atoms with Crippen molar-refractivity contribution in [2.24, 2.45) is 11.8 Å². The van der Waals surface area contributed by atoms with Gasteiger partial charge in [0.1, 0.15) is 6.10 Å². The van der Waals surface area contributed by atoms with Gasteiger partial charge in [-0.05, 0) is 43.2 Å². The molecule has 1 fully saturated rings. The molecule has 42 heavy (non-hydrogen) atoms. The number of nitrogens with zero attached hydrogens (tertiary/aromatic N) is 1. The van der Waals surface area contributed by atoms with Gasteiger partial charge in [-0.15, -0.1) is 13.2 Å². The molecule has 8 heteroatoms. The summed E-state index contributed by atoms with van der Waals surface area (Å²) in [5.41, 5.74) is 1.72. The molecule has 1 heterocycles. The van der Waals surface area contributed by atoms with E-state index in [1.807, 2.05) is 60.7 Å². The molecule has 5 atom stereocenters. The number of carbonyl (C=O) groups excluding carboxylic acids is 3. The van der Waals surface area contributed by atoms with Crippen molar-refractivity contribution in [3.05, 3.63) is 97.1 Å². The first kappa shape index (κ1) is 32.8. The fourth-order valence-electron chi connectivity index (χ4n) is 5.46. The van der Waals surface area contributed by atoms with E-state index in [1.165, 1.54) is 7.11 Å². The van der Waals surface area contributed by atoms with Crippen molar-refractivity contribution in [3.63, 3.8) is 0 Å². The smallest absolute Gasteiger partial charge is 0.310 e. The van der Waals surface area contributed by atoms with E-state index in [0.717, 1.165) is 18.4 Å². The van der Waals surface area contributed by atoms with Crippen LogP contribution in [0.1, 0.15) is 49.3 Å². The van der Waals surface area contributed by atoms with Crippen LogP contribution in [0.3, 0.4) is 0 Å². The lowest BCUT2D eigenvalue weighted by molar-refractivity contribution is -0.158. The number of rotatable bonds is 17. The number of hydrogen-bond acceptors (Lipinski definition) is 6. The third-order valence-corrected chi connectivity index (χ3v) is 7.67. The van der Waals surface area contributed by atoms with Crippen LogP contribution in [-0.4, -0.2) is 66.7 Å². The number of nitrogens with one attached hydrogen (secondary N) is 1. The molecule has 226 valence electrons. The number of amides is 2. The molecule has 2 aromatic carbocycles. The molecule has 2 N–H and O–H groups in total. The number of likely N-dealkylation sites (tertiary alicyclic amines) is 1. The number of aliphatic hydroxyl groups is 1. The lowest BCUT2D eigenvalue weighted by Gasteiger charge is -2.31. The van der Waals surface area contributed by atoms with Crippen LogP contribution < -0.4 is 5.32 Å². The molecule has 0 saturated carbocycles. The molecule has 0 aromatic heterocycles. The minimum Gasteiger partial charge on any atom is -0.455 e. The minimum absolute atomic E-state index is 0.0116. The van der Waals surface area contributed by atoms with E-state index >= 15 is 0 Å². The molecule has 0 unspecified atom stereocenters. The number of carbonyl (C=O) groups is 3. The first-order valence-electron chi connectivity index (χ1n) is 14.6. The Bertz CT molecular complexity index is 1160. The summed E-state index contributed by atoms with van der Waals surface area (Å²) in [5, 5.41) is 12.7. The lowest BCUT2D eigenvalue weighted by Crippen LogP contribution is -2.47. The van der Waals surface area contributed by atoms with E-state index < -0.39 is 30.0 Å². The van der Waals surface area contributed by atoms with Gasteiger partial charge in [-0.3, -0.25) is 14.4 Å². The third-order valence-electron chi connectivity index (χ3n) is 7.67. The number of methoxy groups -OCH3 is 1. The summed E-state index contributed by atoms with van der Waals surface area (Å²) >= 11 is 0. The molecule has 0 spiro atoms. The second-order valence-electron chi connectivity index (χ2n) is 10.7. The molecular weight excluding hydrogens is 532 g/mol. The Morgan fingerprint density at radius 2 is 1.67 bits per heavy atom. The zero-order valence-corrected chi connectivity index (χ0v) is 24.5. The second-order valence-corrected chi connectivity index (χ2v) is 10.7.